The molecule has 106 valence electrons. The summed E-state index contributed by atoms with van der Waals surface area (Å²) in [6, 6.07) is 8.89. The van der Waals surface area contributed by atoms with E-state index in [9.17, 15) is 0 Å². The molecule has 0 saturated heterocycles. The second kappa shape index (κ2) is 5.63. The van der Waals surface area contributed by atoms with E-state index in [1.54, 1.807) is 0 Å². The molecule has 0 aliphatic heterocycles. The Hall–Kier alpha value is -1.88. The smallest absolute Gasteiger partial charge is 0.224 e. The van der Waals surface area contributed by atoms with Gasteiger partial charge in [-0.1, -0.05) is 12.1 Å². The van der Waals surface area contributed by atoms with E-state index in [-0.39, 0.29) is 0 Å². The largest absolute Gasteiger partial charge is 0.368 e. The molecule has 0 amide bonds. The van der Waals surface area contributed by atoms with Gasteiger partial charge in [-0.25, -0.2) is 4.98 Å². The Morgan fingerprint density at radius 1 is 1.25 bits per heavy atom. The van der Waals surface area contributed by atoms with Gasteiger partial charge < -0.3 is 15.5 Å². The lowest BCUT2D eigenvalue weighted by molar-refractivity contribution is 0.337. The summed E-state index contributed by atoms with van der Waals surface area (Å²) in [6.07, 6.45) is 2.69. The van der Waals surface area contributed by atoms with Gasteiger partial charge in [-0.3, -0.25) is 0 Å². The van der Waals surface area contributed by atoms with Crippen molar-refractivity contribution in [1.29, 1.82) is 0 Å². The number of nitrogens with one attached hydrogen (secondary N) is 2. The van der Waals surface area contributed by atoms with Gasteiger partial charge in [0.25, 0.3) is 0 Å². The van der Waals surface area contributed by atoms with E-state index in [0.717, 1.165) is 35.9 Å². The average molecular weight is 271 g/mol. The first-order valence-electron chi connectivity index (χ1n) is 7.16. The number of fused-ring (bicyclic) bond motifs is 1. The van der Waals surface area contributed by atoms with Crippen molar-refractivity contribution in [2.75, 3.05) is 37.8 Å². The van der Waals surface area contributed by atoms with Gasteiger partial charge in [-0.05, 0) is 32.0 Å². The Morgan fingerprint density at radius 2 is 2.05 bits per heavy atom. The standard InChI is InChI=1S/C15H21N5/c1-16-15-18-13-6-4-3-5-12(13)14(19-15)17-9-10-20(2)11-7-8-11/h3-6,11H,7-10H2,1-2H3,(H2,16,17,18,19). The van der Waals surface area contributed by atoms with Gasteiger partial charge in [0.15, 0.2) is 0 Å². The fraction of sp³-hybridized carbons (Fsp3) is 0.467. The van der Waals surface area contributed by atoms with E-state index in [2.05, 4.69) is 38.6 Å². The van der Waals surface area contributed by atoms with Gasteiger partial charge >= 0.3 is 0 Å². The number of nitrogens with zero attached hydrogens (tertiary/aromatic N) is 3. The van der Waals surface area contributed by atoms with E-state index in [4.69, 9.17) is 0 Å². The summed E-state index contributed by atoms with van der Waals surface area (Å²) in [5.41, 5.74) is 0.963. The molecule has 20 heavy (non-hydrogen) atoms. The van der Waals surface area contributed by atoms with Crippen LogP contribution in [0.2, 0.25) is 0 Å². The normalized spacial score (nSPS) is 14.8. The van der Waals surface area contributed by atoms with E-state index in [1.165, 1.54) is 12.8 Å². The van der Waals surface area contributed by atoms with Crippen LogP contribution in [-0.4, -0.2) is 48.1 Å². The van der Waals surface area contributed by atoms with Crippen LogP contribution in [-0.2, 0) is 0 Å². The molecule has 2 aromatic rings. The van der Waals surface area contributed by atoms with E-state index < -0.39 is 0 Å². The molecular formula is C15H21N5. The Bertz CT molecular complexity index is 594. The number of aromatic nitrogens is 2. The van der Waals surface area contributed by atoms with Gasteiger partial charge in [0.1, 0.15) is 5.82 Å². The van der Waals surface area contributed by atoms with Crippen molar-refractivity contribution in [2.24, 2.45) is 0 Å². The number of anilines is 2. The fourth-order valence-corrected chi connectivity index (χ4v) is 2.37. The number of hydrogen-bond donors (Lipinski definition) is 2. The van der Waals surface area contributed by atoms with Crippen LogP contribution in [0.3, 0.4) is 0 Å². The van der Waals surface area contributed by atoms with Crippen LogP contribution in [0.25, 0.3) is 10.9 Å². The highest BCUT2D eigenvalue weighted by Gasteiger charge is 2.25. The zero-order chi connectivity index (χ0) is 13.9. The molecule has 0 bridgehead atoms. The maximum atomic E-state index is 4.52. The Kier molecular flexibility index (Phi) is 3.69. The lowest BCUT2D eigenvalue weighted by Gasteiger charge is -2.16. The number of rotatable bonds is 6. The first-order valence-corrected chi connectivity index (χ1v) is 7.16. The quantitative estimate of drug-likeness (QED) is 0.843. The highest BCUT2D eigenvalue weighted by atomic mass is 15.2. The minimum atomic E-state index is 0.654. The predicted molar refractivity (Wildman–Crippen MR) is 83.2 cm³/mol. The van der Waals surface area contributed by atoms with Crippen LogP contribution >= 0.6 is 0 Å². The maximum absolute atomic E-state index is 4.52. The van der Waals surface area contributed by atoms with Crippen molar-refractivity contribution in [1.82, 2.24) is 14.9 Å². The number of para-hydroxylation sites is 1. The number of benzene rings is 1. The molecule has 1 aliphatic rings. The third-order valence-corrected chi connectivity index (χ3v) is 3.75. The molecule has 5 heteroatoms. The van der Waals surface area contributed by atoms with Crippen molar-refractivity contribution >= 4 is 22.7 Å². The van der Waals surface area contributed by atoms with Crippen molar-refractivity contribution in [3.63, 3.8) is 0 Å². The Balaban J connectivity index is 1.75. The van der Waals surface area contributed by atoms with Gasteiger partial charge in [0.2, 0.25) is 5.95 Å². The van der Waals surface area contributed by atoms with E-state index >= 15 is 0 Å². The summed E-state index contributed by atoms with van der Waals surface area (Å²) in [4.78, 5) is 11.4. The molecule has 1 aromatic heterocycles. The van der Waals surface area contributed by atoms with Gasteiger partial charge in [-0.15, -0.1) is 0 Å². The number of likely N-dealkylation sites (N-methyl/N-ethyl adjacent to an activating group) is 1. The first-order chi connectivity index (χ1) is 9.78. The summed E-state index contributed by atoms with van der Waals surface area (Å²) in [5.74, 6) is 1.56. The third-order valence-electron chi connectivity index (χ3n) is 3.75. The van der Waals surface area contributed by atoms with E-state index in [1.807, 2.05) is 25.2 Å². The summed E-state index contributed by atoms with van der Waals surface area (Å²) < 4.78 is 0. The Morgan fingerprint density at radius 3 is 2.80 bits per heavy atom. The second-order valence-electron chi connectivity index (χ2n) is 5.30. The third kappa shape index (κ3) is 2.82. The van der Waals surface area contributed by atoms with Gasteiger partial charge in [0.05, 0.1) is 5.52 Å². The molecule has 0 spiro atoms. The van der Waals surface area contributed by atoms with Crippen LogP contribution in [0.5, 0.6) is 0 Å². The second-order valence-corrected chi connectivity index (χ2v) is 5.30. The average Bonchev–Trinajstić information content (AvgIpc) is 3.31. The molecule has 3 rings (SSSR count). The highest BCUT2D eigenvalue weighted by molar-refractivity contribution is 5.89. The molecule has 0 atom stereocenters. The summed E-state index contributed by atoms with van der Waals surface area (Å²) in [6.45, 7) is 1.94. The van der Waals surface area contributed by atoms with Crippen molar-refractivity contribution in [2.45, 2.75) is 18.9 Å². The zero-order valence-electron chi connectivity index (χ0n) is 12.1. The minimum Gasteiger partial charge on any atom is -0.368 e. The summed E-state index contributed by atoms with van der Waals surface area (Å²) in [7, 11) is 4.03. The molecule has 1 fully saturated rings. The molecule has 1 saturated carbocycles. The molecule has 0 radical (unpaired) electrons. The van der Waals surface area contributed by atoms with Crippen LogP contribution in [0.15, 0.2) is 24.3 Å². The van der Waals surface area contributed by atoms with Crippen molar-refractivity contribution < 1.29 is 0 Å². The maximum Gasteiger partial charge on any atom is 0.224 e. The van der Waals surface area contributed by atoms with E-state index in [0.29, 0.717) is 5.95 Å². The van der Waals surface area contributed by atoms with Crippen molar-refractivity contribution in [3.05, 3.63) is 24.3 Å². The summed E-state index contributed by atoms with van der Waals surface area (Å²) in [5, 5.41) is 7.53. The van der Waals surface area contributed by atoms with Gasteiger partial charge in [0, 0.05) is 31.6 Å². The molecule has 1 aliphatic carbocycles. The minimum absolute atomic E-state index is 0.654. The van der Waals surface area contributed by atoms with Crippen LogP contribution in [0.4, 0.5) is 11.8 Å². The van der Waals surface area contributed by atoms with Gasteiger partial charge in [-0.2, -0.15) is 4.98 Å². The van der Waals surface area contributed by atoms with Crippen molar-refractivity contribution in [3.8, 4) is 0 Å². The lowest BCUT2D eigenvalue weighted by Crippen LogP contribution is -2.27. The Labute approximate surface area is 119 Å². The topological polar surface area (TPSA) is 53.1 Å². The number of hydrogen-bond acceptors (Lipinski definition) is 5. The van der Waals surface area contributed by atoms with Crippen LogP contribution in [0.1, 0.15) is 12.8 Å². The molecule has 5 nitrogen and oxygen atoms in total. The molecule has 0 unspecified atom stereocenters. The monoisotopic (exact) mass is 271 g/mol. The molecule has 1 heterocycles. The molecule has 2 N–H and O–H groups in total. The summed E-state index contributed by atoms with van der Waals surface area (Å²) >= 11 is 0. The van der Waals surface area contributed by atoms with Crippen LogP contribution < -0.4 is 10.6 Å². The predicted octanol–water partition coefficient (Wildman–Crippen LogP) is 2.18. The zero-order valence-corrected chi connectivity index (χ0v) is 12.1. The van der Waals surface area contributed by atoms with Crippen LogP contribution in [0, 0.1) is 0 Å². The SMILES string of the molecule is CNc1nc(NCCN(C)C2CC2)c2ccccc2n1. The molecular weight excluding hydrogens is 250 g/mol. The highest BCUT2D eigenvalue weighted by Crippen LogP contribution is 2.25. The molecule has 1 aromatic carbocycles. The first kappa shape index (κ1) is 13.1. The fourth-order valence-electron chi connectivity index (χ4n) is 2.37. The lowest BCUT2D eigenvalue weighted by atomic mass is 10.2.